The molecule has 3 unspecified atom stereocenters. The maximum Gasteiger partial charge on any atom is 0.275 e. The highest BCUT2D eigenvalue weighted by molar-refractivity contribution is 5.98. The summed E-state index contributed by atoms with van der Waals surface area (Å²) in [5, 5.41) is 0. The van der Waals surface area contributed by atoms with Gasteiger partial charge in [-0.25, -0.2) is 9.97 Å². The van der Waals surface area contributed by atoms with E-state index in [9.17, 15) is 4.79 Å². The fourth-order valence-electron chi connectivity index (χ4n) is 5.38. The number of aryl methyl sites for hydroxylation is 2. The van der Waals surface area contributed by atoms with Gasteiger partial charge < -0.3 is 14.5 Å². The van der Waals surface area contributed by atoms with Crippen molar-refractivity contribution in [3.63, 3.8) is 0 Å². The van der Waals surface area contributed by atoms with E-state index < -0.39 is 0 Å². The first-order chi connectivity index (χ1) is 14.6. The van der Waals surface area contributed by atoms with Crippen LogP contribution in [0, 0.1) is 19.8 Å². The van der Waals surface area contributed by atoms with Crippen LogP contribution in [-0.4, -0.2) is 52.6 Å². The van der Waals surface area contributed by atoms with E-state index in [1.54, 1.807) is 0 Å². The van der Waals surface area contributed by atoms with Gasteiger partial charge in [0.15, 0.2) is 5.69 Å². The zero-order chi connectivity index (χ0) is 20.7. The van der Waals surface area contributed by atoms with Crippen molar-refractivity contribution in [2.75, 3.05) is 24.6 Å². The van der Waals surface area contributed by atoms with E-state index in [4.69, 9.17) is 9.72 Å². The number of aromatic nitrogens is 2. The molecule has 3 aliphatic rings. The molecule has 3 saturated heterocycles. The maximum atomic E-state index is 13.7. The van der Waals surface area contributed by atoms with E-state index in [2.05, 4.69) is 20.9 Å². The van der Waals surface area contributed by atoms with E-state index in [-0.39, 0.29) is 11.9 Å². The summed E-state index contributed by atoms with van der Waals surface area (Å²) >= 11 is 0. The molecule has 158 valence electrons. The molecule has 6 heteroatoms. The number of anilines is 1. The van der Waals surface area contributed by atoms with Crippen molar-refractivity contribution in [3.05, 3.63) is 47.4 Å². The Labute approximate surface area is 178 Å². The second-order valence-corrected chi connectivity index (χ2v) is 9.01. The fraction of sp³-hybridized carbons (Fsp3) is 0.542. The van der Waals surface area contributed by atoms with E-state index in [1.165, 1.54) is 12.8 Å². The van der Waals surface area contributed by atoms with Crippen molar-refractivity contribution >= 4 is 11.6 Å². The highest BCUT2D eigenvalue weighted by atomic mass is 16.5. The third kappa shape index (κ3) is 3.53. The Morgan fingerprint density at radius 1 is 1.13 bits per heavy atom. The topological polar surface area (TPSA) is 58.6 Å². The standard InChI is InChI=1S/C24H30N4O2/c1-16-5-10-22(25-14-16)30-15-18-13-19-7-9-20(18)28(19)24(29)23-21(8-6-17(2)26-23)27-11-3-4-12-27/h5-6,8,10,14,18-20H,3-4,7,9,11-13,15H2,1-2H3. The molecule has 6 nitrogen and oxygen atoms in total. The molecular weight excluding hydrogens is 376 g/mol. The second-order valence-electron chi connectivity index (χ2n) is 9.01. The summed E-state index contributed by atoms with van der Waals surface area (Å²) in [4.78, 5) is 27.2. The summed E-state index contributed by atoms with van der Waals surface area (Å²) in [6.45, 7) is 6.62. The van der Waals surface area contributed by atoms with Crippen LogP contribution in [0.3, 0.4) is 0 Å². The van der Waals surface area contributed by atoms with Gasteiger partial charge in [0.2, 0.25) is 5.88 Å². The summed E-state index contributed by atoms with van der Waals surface area (Å²) in [6.07, 6.45) is 7.34. The molecule has 0 spiro atoms. The third-order valence-electron chi connectivity index (χ3n) is 6.89. The highest BCUT2D eigenvalue weighted by Crippen LogP contribution is 2.43. The van der Waals surface area contributed by atoms with Gasteiger partial charge in [-0.15, -0.1) is 0 Å². The van der Waals surface area contributed by atoms with Crippen LogP contribution in [0.15, 0.2) is 30.5 Å². The highest BCUT2D eigenvalue weighted by Gasteiger charge is 2.49. The van der Waals surface area contributed by atoms with Crippen LogP contribution in [0.2, 0.25) is 0 Å². The molecule has 3 aliphatic heterocycles. The van der Waals surface area contributed by atoms with Crippen molar-refractivity contribution in [1.82, 2.24) is 14.9 Å². The number of hydrogen-bond donors (Lipinski definition) is 0. The molecule has 2 aromatic heterocycles. The number of carbonyl (C=O) groups excluding carboxylic acids is 1. The van der Waals surface area contributed by atoms with Crippen molar-refractivity contribution in [2.24, 2.45) is 5.92 Å². The van der Waals surface area contributed by atoms with Crippen LogP contribution in [0.1, 0.15) is 53.8 Å². The molecular formula is C24H30N4O2. The molecule has 5 heterocycles. The summed E-state index contributed by atoms with van der Waals surface area (Å²) in [5.74, 6) is 1.12. The normalized spacial score (nSPS) is 25.2. The molecule has 2 aromatic rings. The number of rotatable bonds is 5. The molecule has 0 aliphatic carbocycles. The first kappa shape index (κ1) is 19.3. The Morgan fingerprint density at radius 2 is 1.97 bits per heavy atom. The molecule has 2 bridgehead atoms. The average Bonchev–Trinajstić information content (AvgIpc) is 3.49. The molecule has 3 fully saturated rings. The Bertz CT molecular complexity index is 923. The molecule has 0 N–H and O–H groups in total. The lowest BCUT2D eigenvalue weighted by Gasteiger charge is -2.27. The number of fused-ring (bicyclic) bond motifs is 2. The molecule has 5 rings (SSSR count). The van der Waals surface area contributed by atoms with Gasteiger partial charge in [-0.05, 0) is 63.6 Å². The van der Waals surface area contributed by atoms with Crippen LogP contribution in [0.4, 0.5) is 5.69 Å². The zero-order valence-electron chi connectivity index (χ0n) is 17.9. The maximum absolute atomic E-state index is 13.7. The van der Waals surface area contributed by atoms with Crippen LogP contribution in [0.5, 0.6) is 5.88 Å². The molecule has 30 heavy (non-hydrogen) atoms. The summed E-state index contributed by atoms with van der Waals surface area (Å²) in [6, 6.07) is 8.58. The van der Waals surface area contributed by atoms with Crippen molar-refractivity contribution in [3.8, 4) is 5.88 Å². The van der Waals surface area contributed by atoms with Gasteiger partial charge in [-0.1, -0.05) is 6.07 Å². The van der Waals surface area contributed by atoms with Crippen molar-refractivity contribution in [2.45, 2.75) is 58.0 Å². The van der Waals surface area contributed by atoms with Crippen molar-refractivity contribution in [1.29, 1.82) is 0 Å². The quantitative estimate of drug-likeness (QED) is 0.757. The Hall–Kier alpha value is -2.63. The molecule has 0 aromatic carbocycles. The SMILES string of the molecule is Cc1ccc(OCC2CC3CCC2N3C(=O)c2nc(C)ccc2N2CCCC2)nc1. The fourth-order valence-corrected chi connectivity index (χ4v) is 5.38. The Balaban J connectivity index is 1.33. The lowest BCUT2D eigenvalue weighted by Crippen LogP contribution is -2.39. The monoisotopic (exact) mass is 406 g/mol. The van der Waals surface area contributed by atoms with E-state index in [0.29, 0.717) is 30.1 Å². The van der Waals surface area contributed by atoms with Crippen molar-refractivity contribution < 1.29 is 9.53 Å². The van der Waals surface area contributed by atoms with Gasteiger partial charge in [0, 0.05) is 49.0 Å². The summed E-state index contributed by atoms with van der Waals surface area (Å²) < 4.78 is 5.98. The average molecular weight is 407 g/mol. The van der Waals surface area contributed by atoms with Crippen LogP contribution in [0.25, 0.3) is 0 Å². The predicted octanol–water partition coefficient (Wildman–Crippen LogP) is 3.77. The van der Waals surface area contributed by atoms with E-state index in [1.807, 2.05) is 38.2 Å². The number of pyridine rings is 2. The van der Waals surface area contributed by atoms with Gasteiger partial charge in [-0.2, -0.15) is 0 Å². The first-order valence-corrected chi connectivity index (χ1v) is 11.2. The third-order valence-corrected chi connectivity index (χ3v) is 6.89. The number of amides is 1. The zero-order valence-corrected chi connectivity index (χ0v) is 17.9. The molecule has 0 saturated carbocycles. The number of hydrogen-bond acceptors (Lipinski definition) is 5. The van der Waals surface area contributed by atoms with Crippen LogP contribution in [-0.2, 0) is 0 Å². The van der Waals surface area contributed by atoms with Gasteiger partial charge >= 0.3 is 0 Å². The number of nitrogens with zero attached hydrogens (tertiary/aromatic N) is 4. The van der Waals surface area contributed by atoms with Crippen LogP contribution >= 0.6 is 0 Å². The minimum Gasteiger partial charge on any atom is -0.477 e. The largest absolute Gasteiger partial charge is 0.477 e. The van der Waals surface area contributed by atoms with E-state index in [0.717, 1.165) is 49.3 Å². The lowest BCUT2D eigenvalue weighted by atomic mass is 9.90. The van der Waals surface area contributed by atoms with Gasteiger partial charge in [0.25, 0.3) is 5.91 Å². The van der Waals surface area contributed by atoms with Gasteiger partial charge in [0.1, 0.15) is 0 Å². The summed E-state index contributed by atoms with van der Waals surface area (Å²) in [5.41, 5.74) is 3.67. The minimum atomic E-state index is 0.101. The minimum absolute atomic E-state index is 0.101. The summed E-state index contributed by atoms with van der Waals surface area (Å²) in [7, 11) is 0. The Kier molecular flexibility index (Phi) is 5.09. The number of ether oxygens (including phenoxy) is 1. The van der Waals surface area contributed by atoms with Gasteiger partial charge in [0.05, 0.1) is 12.3 Å². The number of carbonyl (C=O) groups is 1. The predicted molar refractivity (Wildman–Crippen MR) is 116 cm³/mol. The van der Waals surface area contributed by atoms with Crippen LogP contribution < -0.4 is 9.64 Å². The van der Waals surface area contributed by atoms with Gasteiger partial charge in [-0.3, -0.25) is 4.79 Å². The second kappa shape index (κ2) is 7.89. The molecule has 0 radical (unpaired) electrons. The molecule has 3 atom stereocenters. The first-order valence-electron chi connectivity index (χ1n) is 11.2. The lowest BCUT2D eigenvalue weighted by molar-refractivity contribution is 0.0704. The Morgan fingerprint density at radius 3 is 2.73 bits per heavy atom. The molecule has 1 amide bonds. The smallest absolute Gasteiger partial charge is 0.275 e. The van der Waals surface area contributed by atoms with E-state index >= 15 is 0 Å².